The first kappa shape index (κ1) is 9.64. The first-order valence-electron chi connectivity index (χ1n) is 3.30. The summed E-state index contributed by atoms with van der Waals surface area (Å²) in [5.41, 5.74) is 1.59. The van der Waals surface area contributed by atoms with E-state index in [4.69, 9.17) is 11.9 Å². The summed E-state index contributed by atoms with van der Waals surface area (Å²) < 4.78 is 15.2. The fourth-order valence-electron chi connectivity index (χ4n) is 0.801. The summed E-state index contributed by atoms with van der Waals surface area (Å²) in [5, 5.41) is 0.380. The van der Waals surface area contributed by atoms with Crippen LogP contribution in [0.25, 0.3) is 0 Å². The van der Waals surface area contributed by atoms with Gasteiger partial charge in [0.05, 0.1) is 11.9 Å². The summed E-state index contributed by atoms with van der Waals surface area (Å²) in [6, 6.07) is 3.66. The van der Waals surface area contributed by atoms with Crippen molar-refractivity contribution in [2.24, 2.45) is 0 Å². The molecule has 0 radical (unpaired) electrons. The highest BCUT2D eigenvalue weighted by Crippen LogP contribution is 2.12. The van der Waals surface area contributed by atoms with Crippen molar-refractivity contribution < 1.29 is 7.94 Å². The fourth-order valence-corrected chi connectivity index (χ4v) is 1.59. The maximum Gasteiger partial charge on any atom is 0.225 e. The molecule has 1 heterocycles. The molecule has 3 nitrogen and oxygen atoms in total. The van der Waals surface area contributed by atoms with Crippen LogP contribution in [-0.4, -0.2) is 9.19 Å². The van der Waals surface area contributed by atoms with Crippen LogP contribution in [0, 0.1) is 13.8 Å². The average molecular weight is 206 g/mol. The lowest BCUT2D eigenvalue weighted by Crippen LogP contribution is -1.98. The number of aromatic nitrogens is 1. The fraction of sp³-hybridized carbons (Fsp3) is 0.286. The molecule has 12 heavy (non-hydrogen) atoms. The van der Waals surface area contributed by atoms with Crippen LogP contribution >= 0.6 is 11.9 Å². The molecule has 0 bridgehead atoms. The molecule has 0 aliphatic rings. The zero-order valence-electron chi connectivity index (χ0n) is 6.70. The second-order valence-electron chi connectivity index (χ2n) is 2.37. The van der Waals surface area contributed by atoms with Gasteiger partial charge in [0.1, 0.15) is 0 Å². The summed E-state index contributed by atoms with van der Waals surface area (Å²) in [5.74, 6) is 0. The van der Waals surface area contributed by atoms with Crippen molar-refractivity contribution in [1.82, 2.24) is 4.98 Å². The molecule has 0 saturated heterocycles. The third-order valence-corrected chi connectivity index (χ3v) is 2.59. The maximum atomic E-state index is 11.1. The van der Waals surface area contributed by atoms with Crippen molar-refractivity contribution >= 4 is 22.9 Å². The zero-order valence-corrected chi connectivity index (χ0v) is 8.28. The molecule has 0 N–H and O–H groups in total. The molecular formula is C7H8ClNO2S. The van der Waals surface area contributed by atoms with Crippen LogP contribution in [-0.2, 0) is 14.8 Å². The number of halogens is 1. The minimum atomic E-state index is -1.66. The second kappa shape index (κ2) is 3.98. The quantitative estimate of drug-likeness (QED) is 0.740. The van der Waals surface area contributed by atoms with Crippen molar-refractivity contribution in [3.63, 3.8) is 0 Å². The summed E-state index contributed by atoms with van der Waals surface area (Å²) in [4.78, 5) is 4.03. The molecule has 0 fully saturated rings. The summed E-state index contributed by atoms with van der Waals surface area (Å²) in [7, 11) is 0. The Labute approximate surface area is 78.6 Å². The smallest absolute Gasteiger partial charge is 0.225 e. The van der Waals surface area contributed by atoms with Crippen molar-refractivity contribution in [3.05, 3.63) is 23.4 Å². The van der Waals surface area contributed by atoms with Gasteiger partial charge < -0.3 is 0 Å². The predicted molar refractivity (Wildman–Crippen MR) is 47.1 cm³/mol. The van der Waals surface area contributed by atoms with Crippen molar-refractivity contribution in [1.29, 1.82) is 0 Å². The van der Waals surface area contributed by atoms with E-state index >= 15 is 0 Å². The Morgan fingerprint density at radius 1 is 1.50 bits per heavy atom. The Morgan fingerprint density at radius 3 is 2.75 bits per heavy atom. The standard InChI is InChI=1S/C7H8ClNO2S/c1-5-3-4-6(2)9-7(5)12(10)11-8/h3-4H,1-2H3. The third-order valence-electron chi connectivity index (χ3n) is 1.40. The molecule has 1 unspecified atom stereocenters. The van der Waals surface area contributed by atoms with E-state index < -0.39 is 11.1 Å². The molecule has 0 aliphatic heterocycles. The van der Waals surface area contributed by atoms with E-state index in [1.807, 2.05) is 19.1 Å². The van der Waals surface area contributed by atoms with Crippen LogP contribution in [0.15, 0.2) is 17.2 Å². The molecule has 0 aromatic carbocycles. The van der Waals surface area contributed by atoms with Gasteiger partial charge >= 0.3 is 0 Å². The zero-order chi connectivity index (χ0) is 9.14. The monoisotopic (exact) mass is 205 g/mol. The van der Waals surface area contributed by atoms with Crippen molar-refractivity contribution in [2.75, 3.05) is 0 Å². The van der Waals surface area contributed by atoms with E-state index in [9.17, 15) is 4.21 Å². The van der Waals surface area contributed by atoms with Gasteiger partial charge in [0.2, 0.25) is 11.1 Å². The second-order valence-corrected chi connectivity index (χ2v) is 3.73. The van der Waals surface area contributed by atoms with Gasteiger partial charge in [-0.2, -0.15) is 3.74 Å². The van der Waals surface area contributed by atoms with Crippen LogP contribution in [0.4, 0.5) is 0 Å². The summed E-state index contributed by atoms with van der Waals surface area (Å²) >= 11 is 3.31. The normalized spacial score (nSPS) is 12.9. The van der Waals surface area contributed by atoms with E-state index in [1.165, 1.54) is 0 Å². The molecule has 0 spiro atoms. The van der Waals surface area contributed by atoms with Gasteiger partial charge in [-0.15, -0.1) is 0 Å². The first-order valence-corrected chi connectivity index (χ1v) is 4.68. The van der Waals surface area contributed by atoms with E-state index in [-0.39, 0.29) is 0 Å². The van der Waals surface area contributed by atoms with E-state index in [2.05, 4.69) is 8.72 Å². The molecule has 1 atom stereocenters. The Morgan fingerprint density at radius 2 is 2.17 bits per heavy atom. The molecule has 5 heteroatoms. The molecule has 1 rings (SSSR count). The molecular weight excluding hydrogens is 198 g/mol. The predicted octanol–water partition coefficient (Wildman–Crippen LogP) is 1.89. The Balaban J connectivity index is 3.13. The van der Waals surface area contributed by atoms with Crippen LogP contribution in [0.5, 0.6) is 0 Å². The molecule has 1 aromatic heterocycles. The van der Waals surface area contributed by atoms with Crippen LogP contribution in [0.2, 0.25) is 0 Å². The highest BCUT2D eigenvalue weighted by Gasteiger charge is 2.09. The van der Waals surface area contributed by atoms with Crippen molar-refractivity contribution in [2.45, 2.75) is 18.9 Å². The topological polar surface area (TPSA) is 39.2 Å². The van der Waals surface area contributed by atoms with Crippen LogP contribution in [0.3, 0.4) is 0 Å². The minimum Gasteiger partial charge on any atom is -0.241 e. The van der Waals surface area contributed by atoms with Gasteiger partial charge in [-0.3, -0.25) is 0 Å². The molecule has 0 aliphatic carbocycles. The van der Waals surface area contributed by atoms with E-state index in [0.29, 0.717) is 5.03 Å². The van der Waals surface area contributed by atoms with Crippen LogP contribution in [0.1, 0.15) is 11.3 Å². The number of hydrogen-bond donors (Lipinski definition) is 0. The number of hydrogen-bond acceptors (Lipinski definition) is 3. The number of rotatable bonds is 2. The third kappa shape index (κ3) is 2.03. The number of pyridine rings is 1. The van der Waals surface area contributed by atoms with Gasteiger partial charge in [0.25, 0.3) is 0 Å². The molecule has 0 amide bonds. The van der Waals surface area contributed by atoms with Gasteiger partial charge in [-0.1, -0.05) is 6.07 Å². The Kier molecular flexibility index (Phi) is 3.20. The molecule has 1 aromatic rings. The SMILES string of the molecule is Cc1ccc(C)c(S(=O)OCl)n1. The minimum absolute atomic E-state index is 0.380. The highest BCUT2D eigenvalue weighted by atomic mass is 35.5. The summed E-state index contributed by atoms with van der Waals surface area (Å²) in [6.45, 7) is 3.62. The highest BCUT2D eigenvalue weighted by molar-refractivity contribution is 7.80. The number of aryl methyl sites for hydroxylation is 2. The van der Waals surface area contributed by atoms with Crippen molar-refractivity contribution in [3.8, 4) is 0 Å². The lowest BCUT2D eigenvalue weighted by atomic mass is 10.3. The van der Waals surface area contributed by atoms with Crippen LogP contribution < -0.4 is 0 Å². The van der Waals surface area contributed by atoms with Gasteiger partial charge in [-0.25, -0.2) is 9.19 Å². The van der Waals surface area contributed by atoms with Gasteiger partial charge in [0.15, 0.2) is 5.03 Å². The van der Waals surface area contributed by atoms with E-state index in [0.717, 1.165) is 11.3 Å². The lowest BCUT2D eigenvalue weighted by molar-refractivity contribution is 0.592. The summed E-state index contributed by atoms with van der Waals surface area (Å²) in [6.07, 6.45) is 0. The Hall–Kier alpha value is -0.450. The average Bonchev–Trinajstić information content (AvgIpc) is 2.08. The largest absolute Gasteiger partial charge is 0.241 e. The first-order chi connectivity index (χ1) is 5.65. The molecule has 0 saturated carbocycles. The Bertz CT molecular complexity index is 316. The van der Waals surface area contributed by atoms with E-state index in [1.54, 1.807) is 6.92 Å². The lowest BCUT2D eigenvalue weighted by Gasteiger charge is -2.01. The van der Waals surface area contributed by atoms with Gasteiger partial charge in [0, 0.05) is 5.69 Å². The molecule has 66 valence electrons. The van der Waals surface area contributed by atoms with Gasteiger partial charge in [-0.05, 0) is 25.5 Å². The maximum absolute atomic E-state index is 11.1. The number of nitrogens with zero attached hydrogens (tertiary/aromatic N) is 1.